The zero-order chi connectivity index (χ0) is 24.9. The van der Waals surface area contributed by atoms with Crippen LogP contribution in [0, 0.1) is 5.92 Å². The first-order valence-electron chi connectivity index (χ1n) is 12.8. The normalized spacial score (nSPS) is 13.3. The lowest BCUT2D eigenvalue weighted by atomic mass is 9.84. The number of thioether (sulfide) groups is 1. The van der Waals surface area contributed by atoms with Gasteiger partial charge in [-0.2, -0.15) is 0 Å². The number of unbranched alkanes of at least 4 members (excludes halogenated alkanes) is 4. The number of carbonyl (C=O) groups is 1. The second-order valence-electron chi connectivity index (χ2n) is 9.22. The Morgan fingerprint density at radius 2 is 1.23 bits per heavy atom. The fraction of sp³-hybridized carbons (Fsp3) is 0.387. The lowest BCUT2D eigenvalue weighted by Crippen LogP contribution is -2.29. The first-order valence-corrected chi connectivity index (χ1v) is 13.8. The van der Waals surface area contributed by atoms with Gasteiger partial charge < -0.3 is 10.2 Å². The van der Waals surface area contributed by atoms with Crippen LogP contribution in [0.3, 0.4) is 0 Å². The van der Waals surface area contributed by atoms with Gasteiger partial charge in [0.25, 0.3) is 0 Å². The van der Waals surface area contributed by atoms with E-state index in [0.717, 1.165) is 36.0 Å². The molecule has 3 aromatic rings. The molecule has 0 aliphatic carbocycles. The van der Waals surface area contributed by atoms with Crippen LogP contribution in [0.5, 0.6) is 0 Å². The molecule has 0 aliphatic heterocycles. The van der Waals surface area contributed by atoms with E-state index in [2.05, 4.69) is 43.3 Å². The first kappa shape index (κ1) is 27.0. The van der Waals surface area contributed by atoms with Crippen LogP contribution in [0.15, 0.2) is 91.0 Å². The van der Waals surface area contributed by atoms with Crippen molar-refractivity contribution in [2.75, 3.05) is 5.75 Å². The predicted octanol–water partition coefficient (Wildman–Crippen LogP) is 7.52. The molecule has 0 saturated carbocycles. The van der Waals surface area contributed by atoms with E-state index in [-0.39, 0.29) is 6.42 Å². The molecule has 35 heavy (non-hydrogen) atoms. The second kappa shape index (κ2) is 14.1. The Kier molecular flexibility index (Phi) is 10.9. The number of aliphatic hydroxyl groups is 1. The average molecular weight is 491 g/mol. The van der Waals surface area contributed by atoms with Gasteiger partial charge in [-0.1, -0.05) is 130 Å². The SMILES string of the molecule is CCCCCCC[C@H](C[C@H](O)CSC(c1ccccc1)(c1ccccc1)c1ccccc1)C(=O)O. The topological polar surface area (TPSA) is 57.5 Å². The van der Waals surface area contributed by atoms with Crippen molar-refractivity contribution in [2.24, 2.45) is 5.92 Å². The van der Waals surface area contributed by atoms with Crippen molar-refractivity contribution in [3.05, 3.63) is 108 Å². The quantitative estimate of drug-likeness (QED) is 0.171. The number of carboxylic acid groups (broad SMARTS) is 1. The Morgan fingerprint density at radius 1 is 0.771 bits per heavy atom. The highest BCUT2D eigenvalue weighted by Gasteiger charge is 2.37. The molecule has 2 N–H and O–H groups in total. The van der Waals surface area contributed by atoms with E-state index in [0.29, 0.717) is 12.2 Å². The molecule has 0 fully saturated rings. The van der Waals surface area contributed by atoms with E-state index < -0.39 is 22.7 Å². The predicted molar refractivity (Wildman–Crippen MR) is 147 cm³/mol. The van der Waals surface area contributed by atoms with Crippen LogP contribution in [-0.2, 0) is 9.54 Å². The summed E-state index contributed by atoms with van der Waals surface area (Å²) in [7, 11) is 0. The molecule has 3 rings (SSSR count). The molecule has 3 nitrogen and oxygen atoms in total. The van der Waals surface area contributed by atoms with Crippen molar-refractivity contribution in [3.63, 3.8) is 0 Å². The molecule has 0 spiro atoms. The highest BCUT2D eigenvalue weighted by molar-refractivity contribution is 8.00. The van der Waals surface area contributed by atoms with E-state index >= 15 is 0 Å². The van der Waals surface area contributed by atoms with Gasteiger partial charge >= 0.3 is 5.97 Å². The van der Waals surface area contributed by atoms with Crippen LogP contribution in [0.2, 0.25) is 0 Å². The summed E-state index contributed by atoms with van der Waals surface area (Å²) in [6, 6.07) is 31.1. The minimum atomic E-state index is -0.801. The van der Waals surface area contributed by atoms with Crippen LogP contribution >= 0.6 is 11.8 Å². The summed E-state index contributed by atoms with van der Waals surface area (Å²) in [5, 5.41) is 20.8. The molecular formula is C31H38O3S. The van der Waals surface area contributed by atoms with E-state index in [9.17, 15) is 15.0 Å². The molecule has 0 radical (unpaired) electrons. The number of benzene rings is 3. The fourth-order valence-corrected chi connectivity index (χ4v) is 6.21. The number of rotatable bonds is 15. The Hall–Kier alpha value is -2.56. The van der Waals surface area contributed by atoms with E-state index in [1.165, 1.54) is 12.8 Å². The lowest BCUT2D eigenvalue weighted by Gasteiger charge is -2.36. The van der Waals surface area contributed by atoms with Gasteiger partial charge in [0.2, 0.25) is 0 Å². The third kappa shape index (κ3) is 7.46. The van der Waals surface area contributed by atoms with Gasteiger partial charge in [-0.15, -0.1) is 11.8 Å². The monoisotopic (exact) mass is 490 g/mol. The zero-order valence-corrected chi connectivity index (χ0v) is 21.5. The average Bonchev–Trinajstić information content (AvgIpc) is 2.90. The molecule has 0 saturated heterocycles. The Bertz CT molecular complexity index is 895. The summed E-state index contributed by atoms with van der Waals surface area (Å²) in [5.74, 6) is -0.866. The van der Waals surface area contributed by atoms with Crippen molar-refractivity contribution in [1.29, 1.82) is 0 Å². The maximum absolute atomic E-state index is 11.9. The van der Waals surface area contributed by atoms with E-state index in [1.807, 2.05) is 54.6 Å². The highest BCUT2D eigenvalue weighted by atomic mass is 32.2. The summed E-state index contributed by atoms with van der Waals surface area (Å²) in [6.07, 6.45) is 5.68. The Labute approximate surface area is 214 Å². The first-order chi connectivity index (χ1) is 17.1. The van der Waals surface area contributed by atoms with Crippen LogP contribution in [0.4, 0.5) is 0 Å². The number of carboxylic acids is 1. The maximum atomic E-state index is 11.9. The molecule has 2 atom stereocenters. The largest absolute Gasteiger partial charge is 0.481 e. The number of hydrogen-bond acceptors (Lipinski definition) is 3. The minimum Gasteiger partial charge on any atom is -0.481 e. The maximum Gasteiger partial charge on any atom is 0.306 e. The van der Waals surface area contributed by atoms with Crippen molar-refractivity contribution in [1.82, 2.24) is 0 Å². The van der Waals surface area contributed by atoms with Gasteiger partial charge in [0.05, 0.1) is 16.8 Å². The molecule has 0 bridgehead atoms. The smallest absolute Gasteiger partial charge is 0.306 e. The third-order valence-electron chi connectivity index (χ3n) is 6.60. The summed E-state index contributed by atoms with van der Waals surface area (Å²) >= 11 is 1.68. The number of aliphatic carboxylic acids is 1. The van der Waals surface area contributed by atoms with Gasteiger partial charge in [-0.05, 0) is 29.5 Å². The van der Waals surface area contributed by atoms with Crippen molar-refractivity contribution < 1.29 is 15.0 Å². The van der Waals surface area contributed by atoms with E-state index in [4.69, 9.17) is 0 Å². The van der Waals surface area contributed by atoms with Gasteiger partial charge in [0.1, 0.15) is 0 Å². The van der Waals surface area contributed by atoms with Crippen LogP contribution in [0.1, 0.15) is 68.6 Å². The van der Waals surface area contributed by atoms with Gasteiger partial charge in [-0.25, -0.2) is 0 Å². The molecule has 3 aromatic carbocycles. The number of aliphatic hydroxyl groups excluding tert-OH is 1. The van der Waals surface area contributed by atoms with E-state index in [1.54, 1.807) is 11.8 Å². The van der Waals surface area contributed by atoms with Crippen molar-refractivity contribution in [3.8, 4) is 0 Å². The summed E-state index contributed by atoms with van der Waals surface area (Å²) < 4.78 is -0.510. The van der Waals surface area contributed by atoms with Gasteiger partial charge in [-0.3, -0.25) is 4.79 Å². The minimum absolute atomic E-state index is 0.282. The van der Waals surface area contributed by atoms with Crippen molar-refractivity contribution in [2.45, 2.75) is 62.7 Å². The Morgan fingerprint density at radius 3 is 1.66 bits per heavy atom. The standard InChI is InChI=1S/C31H38O3S/c1-2-3-4-5-9-16-25(30(33)34)23-29(32)24-35-31(26-17-10-6-11-18-26,27-19-12-7-13-20-27)28-21-14-8-15-22-28/h6-8,10-15,17-22,25,29,32H,2-5,9,16,23-24H2,1H3,(H,33,34)/t25-,29+/m1/s1. The highest BCUT2D eigenvalue weighted by Crippen LogP contribution is 2.48. The molecule has 0 amide bonds. The van der Waals surface area contributed by atoms with Gasteiger partial charge in [0, 0.05) is 5.75 Å². The third-order valence-corrected chi connectivity index (χ3v) is 8.29. The molecule has 0 aliphatic rings. The molecule has 186 valence electrons. The Balaban J connectivity index is 1.83. The second-order valence-corrected chi connectivity index (χ2v) is 10.5. The summed E-state index contributed by atoms with van der Waals surface area (Å²) in [6.45, 7) is 2.18. The zero-order valence-electron chi connectivity index (χ0n) is 20.7. The summed E-state index contributed by atoms with van der Waals surface area (Å²) in [5.41, 5.74) is 3.42. The number of hydrogen-bond donors (Lipinski definition) is 2. The molecule has 0 heterocycles. The summed E-state index contributed by atoms with van der Waals surface area (Å²) in [4.78, 5) is 11.9. The van der Waals surface area contributed by atoms with Crippen molar-refractivity contribution >= 4 is 17.7 Å². The van der Waals surface area contributed by atoms with Crippen LogP contribution in [0.25, 0.3) is 0 Å². The molecule has 0 aromatic heterocycles. The van der Waals surface area contributed by atoms with Gasteiger partial charge in [0.15, 0.2) is 0 Å². The van der Waals surface area contributed by atoms with Crippen LogP contribution in [-0.4, -0.2) is 28.0 Å². The van der Waals surface area contributed by atoms with Crippen LogP contribution < -0.4 is 0 Å². The fourth-order valence-electron chi connectivity index (χ4n) is 4.72. The molecule has 0 unspecified atom stereocenters. The lowest BCUT2D eigenvalue weighted by molar-refractivity contribution is -0.143. The molecular weight excluding hydrogens is 452 g/mol. The molecule has 4 heteroatoms.